The van der Waals surface area contributed by atoms with Crippen LogP contribution in [0.2, 0.25) is 0 Å². The molecule has 0 radical (unpaired) electrons. The first-order valence-electron chi connectivity index (χ1n) is 8.96. The minimum atomic E-state index is -0.457. The first-order valence-corrected chi connectivity index (χ1v) is 8.96. The van der Waals surface area contributed by atoms with Gasteiger partial charge in [-0.1, -0.05) is 0 Å². The minimum absolute atomic E-state index is 0.151. The highest BCUT2D eigenvalue weighted by Crippen LogP contribution is 2.23. The van der Waals surface area contributed by atoms with Crippen molar-refractivity contribution in [2.45, 2.75) is 45.8 Å². The average Bonchev–Trinajstić information content (AvgIpc) is 3.03. The van der Waals surface area contributed by atoms with Gasteiger partial charge in [0, 0.05) is 31.4 Å². The smallest absolute Gasteiger partial charge is 0.410 e. The number of rotatable bonds is 3. The zero-order chi connectivity index (χ0) is 18.7. The molecule has 0 atom stereocenters. The Morgan fingerprint density at radius 2 is 2.00 bits per heavy atom. The molecule has 1 aliphatic heterocycles. The number of ether oxygens (including phenoxy) is 1. The predicted octanol–water partition coefficient (Wildman–Crippen LogP) is 3.30. The third-order valence-electron chi connectivity index (χ3n) is 4.39. The predicted molar refractivity (Wildman–Crippen MR) is 97.7 cm³/mol. The van der Waals surface area contributed by atoms with E-state index in [1.165, 1.54) is 6.20 Å². The average molecular weight is 358 g/mol. The highest BCUT2D eigenvalue weighted by atomic mass is 16.6. The Balaban J connectivity index is 1.52. The molecule has 1 N–H and O–H groups in total. The molecule has 1 fully saturated rings. The van der Waals surface area contributed by atoms with Gasteiger partial charge in [0.25, 0.3) is 0 Å². The van der Waals surface area contributed by atoms with Crippen LogP contribution in [0.4, 0.5) is 4.79 Å². The second-order valence-electron chi connectivity index (χ2n) is 7.76. The van der Waals surface area contributed by atoms with Crippen molar-refractivity contribution in [2.75, 3.05) is 13.1 Å². The number of aromatic nitrogens is 3. The molecule has 0 saturated carbocycles. The Morgan fingerprint density at radius 1 is 1.27 bits per heavy atom. The number of aromatic hydroxyl groups is 1. The van der Waals surface area contributed by atoms with Crippen LogP contribution in [-0.2, 0) is 11.3 Å². The lowest BCUT2D eigenvalue weighted by atomic mass is 9.97. The van der Waals surface area contributed by atoms with Gasteiger partial charge in [-0.15, -0.1) is 0 Å². The van der Waals surface area contributed by atoms with E-state index in [1.807, 2.05) is 31.6 Å². The maximum atomic E-state index is 12.1. The molecular weight excluding hydrogens is 332 g/mol. The Kier molecular flexibility index (Phi) is 5.15. The number of hydrogen-bond acceptors (Lipinski definition) is 5. The number of carbonyl (C=O) groups excluding carboxylic acids is 1. The largest absolute Gasteiger partial charge is 0.506 e. The van der Waals surface area contributed by atoms with Gasteiger partial charge in [-0.25, -0.2) is 4.79 Å². The quantitative estimate of drug-likeness (QED) is 0.910. The summed E-state index contributed by atoms with van der Waals surface area (Å²) in [5, 5.41) is 13.7. The van der Waals surface area contributed by atoms with Gasteiger partial charge in [0.2, 0.25) is 0 Å². The maximum Gasteiger partial charge on any atom is 0.410 e. The van der Waals surface area contributed by atoms with Gasteiger partial charge >= 0.3 is 6.09 Å². The molecule has 1 aliphatic rings. The molecule has 1 saturated heterocycles. The summed E-state index contributed by atoms with van der Waals surface area (Å²) >= 11 is 0. The molecule has 2 aromatic heterocycles. The Morgan fingerprint density at radius 3 is 2.62 bits per heavy atom. The lowest BCUT2D eigenvalue weighted by Crippen LogP contribution is -2.42. The molecule has 140 valence electrons. The Bertz CT molecular complexity index is 741. The molecule has 0 unspecified atom stereocenters. The fraction of sp³-hybridized carbons (Fsp3) is 0.526. The highest BCUT2D eigenvalue weighted by molar-refractivity contribution is 5.68. The molecule has 2 aromatic rings. The van der Waals surface area contributed by atoms with E-state index in [1.54, 1.807) is 23.2 Å². The normalized spacial score (nSPS) is 15.9. The van der Waals surface area contributed by atoms with Crippen LogP contribution in [0.5, 0.6) is 5.75 Å². The van der Waals surface area contributed by atoms with Crippen molar-refractivity contribution in [1.29, 1.82) is 0 Å². The molecule has 0 aliphatic carbocycles. The van der Waals surface area contributed by atoms with Gasteiger partial charge in [-0.2, -0.15) is 5.10 Å². The molecule has 1 amide bonds. The van der Waals surface area contributed by atoms with Gasteiger partial charge < -0.3 is 14.7 Å². The van der Waals surface area contributed by atoms with Crippen LogP contribution in [0.3, 0.4) is 0 Å². The van der Waals surface area contributed by atoms with Gasteiger partial charge in [0.05, 0.1) is 18.1 Å². The second-order valence-corrected chi connectivity index (χ2v) is 7.76. The SMILES string of the molecule is CC(C)(C)OC(=O)N1CCC(Cn2cc(-c3ccc(O)cn3)cn2)CC1. The van der Waals surface area contributed by atoms with E-state index in [-0.39, 0.29) is 11.8 Å². The summed E-state index contributed by atoms with van der Waals surface area (Å²) in [6.45, 7) is 7.91. The molecule has 0 aromatic carbocycles. The van der Waals surface area contributed by atoms with Crippen LogP contribution in [0.15, 0.2) is 30.7 Å². The van der Waals surface area contributed by atoms with Crippen molar-refractivity contribution in [3.05, 3.63) is 30.7 Å². The van der Waals surface area contributed by atoms with Crippen molar-refractivity contribution in [1.82, 2.24) is 19.7 Å². The fourth-order valence-electron chi connectivity index (χ4n) is 3.04. The molecule has 7 nitrogen and oxygen atoms in total. The number of piperidine rings is 1. The molecule has 3 heterocycles. The summed E-state index contributed by atoms with van der Waals surface area (Å²) in [5.74, 6) is 0.632. The van der Waals surface area contributed by atoms with E-state index in [2.05, 4.69) is 10.1 Å². The number of amides is 1. The third-order valence-corrected chi connectivity index (χ3v) is 4.39. The van der Waals surface area contributed by atoms with Crippen LogP contribution < -0.4 is 0 Å². The fourth-order valence-corrected chi connectivity index (χ4v) is 3.04. The van der Waals surface area contributed by atoms with E-state index in [0.29, 0.717) is 19.0 Å². The van der Waals surface area contributed by atoms with Gasteiger partial charge in [0.15, 0.2) is 0 Å². The second kappa shape index (κ2) is 7.35. The summed E-state index contributed by atoms with van der Waals surface area (Å²) in [5.41, 5.74) is 1.26. The number of hydrogen-bond donors (Lipinski definition) is 1. The van der Waals surface area contributed by atoms with Crippen molar-refractivity contribution >= 4 is 6.09 Å². The monoisotopic (exact) mass is 358 g/mol. The minimum Gasteiger partial charge on any atom is -0.506 e. The molecule has 0 spiro atoms. The standard InChI is InChI=1S/C19H26N4O3/c1-19(2,3)26-18(25)22-8-6-14(7-9-22)12-23-13-15(10-21-23)17-5-4-16(24)11-20-17/h4-5,10-11,13-14,24H,6-9,12H2,1-3H3. The van der Waals surface area contributed by atoms with E-state index in [0.717, 1.165) is 30.6 Å². The summed E-state index contributed by atoms with van der Waals surface area (Å²) in [4.78, 5) is 18.1. The zero-order valence-corrected chi connectivity index (χ0v) is 15.6. The van der Waals surface area contributed by atoms with E-state index < -0.39 is 5.60 Å². The Labute approximate surface area is 153 Å². The van der Waals surface area contributed by atoms with E-state index >= 15 is 0 Å². The van der Waals surface area contributed by atoms with Crippen LogP contribution in [-0.4, -0.2) is 49.6 Å². The van der Waals surface area contributed by atoms with Gasteiger partial charge in [-0.3, -0.25) is 9.67 Å². The van der Waals surface area contributed by atoms with Crippen LogP contribution >= 0.6 is 0 Å². The summed E-state index contributed by atoms with van der Waals surface area (Å²) in [7, 11) is 0. The van der Waals surface area contributed by atoms with Crippen LogP contribution in [0.25, 0.3) is 11.3 Å². The van der Waals surface area contributed by atoms with Crippen molar-refractivity contribution < 1.29 is 14.6 Å². The first-order chi connectivity index (χ1) is 12.3. The third kappa shape index (κ3) is 4.74. The maximum absolute atomic E-state index is 12.1. The molecule has 0 bridgehead atoms. The Hall–Kier alpha value is -2.57. The molecule has 7 heteroatoms. The zero-order valence-electron chi connectivity index (χ0n) is 15.6. The molecule has 3 rings (SSSR count). The van der Waals surface area contributed by atoms with Crippen molar-refractivity contribution in [3.8, 4) is 17.0 Å². The highest BCUT2D eigenvalue weighted by Gasteiger charge is 2.27. The number of likely N-dealkylation sites (tertiary alicyclic amines) is 1. The molecule has 26 heavy (non-hydrogen) atoms. The number of carbonyl (C=O) groups is 1. The van der Waals surface area contributed by atoms with Gasteiger partial charge in [-0.05, 0) is 51.7 Å². The topological polar surface area (TPSA) is 80.5 Å². The summed E-state index contributed by atoms with van der Waals surface area (Å²) < 4.78 is 7.36. The lowest BCUT2D eigenvalue weighted by molar-refractivity contribution is 0.0177. The summed E-state index contributed by atoms with van der Waals surface area (Å²) in [6, 6.07) is 3.39. The van der Waals surface area contributed by atoms with Gasteiger partial charge in [0.1, 0.15) is 11.4 Å². The van der Waals surface area contributed by atoms with E-state index in [9.17, 15) is 9.90 Å². The summed E-state index contributed by atoms with van der Waals surface area (Å²) in [6.07, 6.45) is 6.84. The van der Waals surface area contributed by atoms with Crippen LogP contribution in [0, 0.1) is 5.92 Å². The van der Waals surface area contributed by atoms with Crippen molar-refractivity contribution in [3.63, 3.8) is 0 Å². The number of nitrogens with zero attached hydrogens (tertiary/aromatic N) is 4. The van der Waals surface area contributed by atoms with Crippen molar-refractivity contribution in [2.24, 2.45) is 5.92 Å². The number of pyridine rings is 1. The first kappa shape index (κ1) is 18.2. The molecular formula is C19H26N4O3. The lowest BCUT2D eigenvalue weighted by Gasteiger charge is -2.33. The van der Waals surface area contributed by atoms with Crippen LogP contribution in [0.1, 0.15) is 33.6 Å². The van der Waals surface area contributed by atoms with E-state index in [4.69, 9.17) is 4.74 Å².